The lowest BCUT2D eigenvalue weighted by atomic mass is 10.1. The van der Waals surface area contributed by atoms with Crippen LogP contribution in [0, 0.1) is 11.6 Å². The zero-order valence-electron chi connectivity index (χ0n) is 28.6. The highest BCUT2D eigenvalue weighted by molar-refractivity contribution is 7.99. The topological polar surface area (TPSA) is 318 Å². The van der Waals surface area contributed by atoms with E-state index in [-0.39, 0.29) is 45.8 Å². The van der Waals surface area contributed by atoms with Gasteiger partial charge in [-0.05, 0) is 66.5 Å². The lowest BCUT2D eigenvalue weighted by Crippen LogP contribution is -2.44. The van der Waals surface area contributed by atoms with Crippen LogP contribution < -0.4 is 26.6 Å². The average Bonchev–Trinajstić information content (AvgIpc) is 3.86. The number of esters is 2. The summed E-state index contributed by atoms with van der Waals surface area (Å²) in [6.45, 7) is 1.57. The van der Waals surface area contributed by atoms with Gasteiger partial charge in [0.2, 0.25) is 0 Å². The Bertz CT molecular complexity index is 2030. The minimum absolute atomic E-state index is 0.00647. The van der Waals surface area contributed by atoms with Gasteiger partial charge < -0.3 is 15.2 Å². The zero-order valence-corrected chi connectivity index (χ0v) is 31.8. The van der Waals surface area contributed by atoms with Crippen LogP contribution in [0.3, 0.4) is 0 Å². The molecule has 0 saturated heterocycles. The number of carbonyl (C=O) groups is 2. The molecule has 2 aromatic carbocycles. The Morgan fingerprint density at radius 2 is 1.56 bits per heavy atom. The molecular weight excluding hydrogens is 823 g/mol. The van der Waals surface area contributed by atoms with E-state index in [1.165, 1.54) is 55.4 Å². The number of aliphatic imine (C=N–C) groups is 2. The molecule has 0 saturated carbocycles. The summed E-state index contributed by atoms with van der Waals surface area (Å²) < 4.78 is 68.3. The van der Waals surface area contributed by atoms with Crippen LogP contribution in [-0.2, 0) is 35.7 Å². The monoisotopic (exact) mass is 855 g/mol. The van der Waals surface area contributed by atoms with E-state index in [2.05, 4.69) is 49.3 Å². The second-order valence-electron chi connectivity index (χ2n) is 10.1. The van der Waals surface area contributed by atoms with Crippen LogP contribution in [0.15, 0.2) is 66.9 Å². The van der Waals surface area contributed by atoms with E-state index in [9.17, 15) is 32.0 Å². The smallest absolute Gasteiger partial charge is 0.323 e. The van der Waals surface area contributed by atoms with Crippen LogP contribution in [0.5, 0.6) is 0 Å². The van der Waals surface area contributed by atoms with Gasteiger partial charge in [0.15, 0.2) is 16.6 Å². The highest BCUT2D eigenvalue weighted by Gasteiger charge is 2.25. The molecule has 0 amide bonds. The number of rotatable bonds is 13. The van der Waals surface area contributed by atoms with Gasteiger partial charge in [-0.3, -0.25) is 31.0 Å². The molecule has 0 radical (unpaired) electrons. The Labute approximate surface area is 324 Å². The van der Waals surface area contributed by atoms with E-state index < -0.39 is 45.9 Å². The SMILES string of the molecule is CC(=Nc1ccc(F)c(Cl)c1)NO.COC(=O)[C@@H](N)CSc1cnon1.COC(=O)[C@H](CCc1nonc1C(=Nc1ccc(F)c(Cl)c1)NO)NS(N)(=O)=O. The molecule has 0 bridgehead atoms. The zero-order chi connectivity index (χ0) is 41.1. The van der Waals surface area contributed by atoms with Gasteiger partial charge in [-0.15, -0.1) is 0 Å². The second kappa shape index (κ2) is 23.1. The van der Waals surface area contributed by atoms with E-state index in [1.807, 2.05) is 15.7 Å². The lowest BCUT2D eigenvalue weighted by Gasteiger charge is -2.14. The molecule has 4 rings (SSSR count). The first-order valence-corrected chi connectivity index (χ1v) is 18.1. The number of amidine groups is 2. The number of aromatic nitrogens is 4. The predicted octanol–water partition coefficient (Wildman–Crippen LogP) is 2.36. The standard InChI is InChI=1S/C14H16ClFN6O6S.C8H8ClFN2O.C6H9N3O3S/c1-27-14(23)11(22-29(17,25)26)5-4-10-12(21-28-20-10)13(19-24)18-7-2-3-9(16)8(15)6-7;1-5(12-13)11-6-2-3-8(10)7(9)4-6;1-11-6(10)4(7)3-13-5-2-8-12-9-5/h2-3,6,11,22,24H,4-5H2,1H3,(H,18,19)(H2,17,25,26);2-4,13H,1H3,(H,11,12);2,4H,3,7H2,1H3/t11-;;4-/m0.0/s1. The molecule has 0 spiro atoms. The van der Waals surface area contributed by atoms with Crippen molar-refractivity contribution in [3.63, 3.8) is 0 Å². The van der Waals surface area contributed by atoms with Crippen LogP contribution in [-0.4, -0.2) is 95.1 Å². The molecule has 2 atom stereocenters. The Balaban J connectivity index is 0.000000331. The number of benzene rings is 2. The number of carbonyl (C=O) groups excluding carboxylic acids is 2. The molecule has 0 aliphatic heterocycles. The molecule has 9 N–H and O–H groups in total. The maximum Gasteiger partial charge on any atom is 0.323 e. The number of nitrogens with zero attached hydrogens (tertiary/aromatic N) is 6. The summed E-state index contributed by atoms with van der Waals surface area (Å²) >= 11 is 12.5. The Hall–Kier alpha value is -4.86. The molecule has 2 heterocycles. The van der Waals surface area contributed by atoms with Crippen molar-refractivity contribution in [3.05, 3.63) is 75.7 Å². The van der Waals surface area contributed by atoms with Crippen molar-refractivity contribution in [2.75, 3.05) is 20.0 Å². The van der Waals surface area contributed by atoms with Gasteiger partial charge in [0, 0.05) is 5.75 Å². The highest BCUT2D eigenvalue weighted by Crippen LogP contribution is 2.23. The fourth-order valence-corrected chi connectivity index (χ4v) is 5.25. The normalized spacial score (nSPS) is 12.6. The van der Waals surface area contributed by atoms with E-state index in [0.29, 0.717) is 22.3 Å². The number of ether oxygens (including phenoxy) is 2. The molecule has 300 valence electrons. The average molecular weight is 857 g/mol. The third-order valence-electron chi connectivity index (χ3n) is 6.11. The lowest BCUT2D eigenvalue weighted by molar-refractivity contribution is -0.143. The van der Waals surface area contributed by atoms with Crippen molar-refractivity contribution in [3.8, 4) is 0 Å². The van der Waals surface area contributed by atoms with Gasteiger partial charge in [0.1, 0.15) is 41.4 Å². The van der Waals surface area contributed by atoms with Gasteiger partial charge in [0.25, 0.3) is 10.2 Å². The number of aryl methyl sites for hydroxylation is 1. The number of hydrogen-bond donors (Lipinski definition) is 7. The van der Waals surface area contributed by atoms with Crippen molar-refractivity contribution in [1.82, 2.24) is 36.3 Å². The maximum absolute atomic E-state index is 13.3. The molecule has 0 fully saturated rings. The van der Waals surface area contributed by atoms with Crippen LogP contribution >= 0.6 is 35.0 Å². The van der Waals surface area contributed by atoms with Gasteiger partial charge in [0.05, 0.1) is 35.6 Å². The third kappa shape index (κ3) is 16.6. The molecule has 0 aliphatic carbocycles. The van der Waals surface area contributed by atoms with E-state index >= 15 is 0 Å². The number of halogens is 4. The molecule has 55 heavy (non-hydrogen) atoms. The summed E-state index contributed by atoms with van der Waals surface area (Å²) in [7, 11) is -1.80. The molecule has 2 aromatic heterocycles. The van der Waals surface area contributed by atoms with Gasteiger partial charge in [-0.25, -0.2) is 33.2 Å². The van der Waals surface area contributed by atoms with Crippen LogP contribution in [0.2, 0.25) is 10.0 Å². The first-order chi connectivity index (χ1) is 26.0. The number of thioether (sulfide) groups is 1. The summed E-state index contributed by atoms with van der Waals surface area (Å²) in [6, 6.07) is 5.70. The van der Waals surface area contributed by atoms with Gasteiger partial charge >= 0.3 is 11.9 Å². The van der Waals surface area contributed by atoms with E-state index in [1.54, 1.807) is 6.92 Å². The van der Waals surface area contributed by atoms with Crippen molar-refractivity contribution < 1.29 is 55.9 Å². The van der Waals surface area contributed by atoms with Crippen LogP contribution in [0.25, 0.3) is 0 Å². The Morgan fingerprint density at radius 3 is 2.05 bits per heavy atom. The number of hydroxylamine groups is 2. The van der Waals surface area contributed by atoms with Crippen molar-refractivity contribution in [2.45, 2.75) is 36.9 Å². The number of nitrogens with one attached hydrogen (secondary N) is 3. The van der Waals surface area contributed by atoms with Gasteiger partial charge in [-0.2, -0.15) is 13.1 Å². The maximum atomic E-state index is 13.3. The Morgan fingerprint density at radius 1 is 0.964 bits per heavy atom. The summed E-state index contributed by atoms with van der Waals surface area (Å²) in [4.78, 5) is 30.5. The predicted molar refractivity (Wildman–Crippen MR) is 191 cm³/mol. The van der Waals surface area contributed by atoms with Crippen LogP contribution in [0.1, 0.15) is 24.7 Å². The van der Waals surface area contributed by atoms with Gasteiger partial charge in [-0.1, -0.05) is 45.3 Å². The quantitative estimate of drug-likeness (QED) is 0.0334. The second-order valence-corrected chi connectivity index (χ2v) is 13.3. The highest BCUT2D eigenvalue weighted by atomic mass is 35.5. The molecule has 21 nitrogen and oxygen atoms in total. The molecule has 27 heteroatoms. The van der Waals surface area contributed by atoms with E-state index in [0.717, 1.165) is 13.2 Å². The Kier molecular flexibility index (Phi) is 19.5. The van der Waals surface area contributed by atoms with Crippen molar-refractivity contribution in [1.29, 1.82) is 0 Å². The first-order valence-electron chi connectivity index (χ1n) is 14.8. The molecule has 0 unspecified atom stereocenters. The fraction of sp³-hybridized carbons (Fsp3) is 0.286. The molecule has 0 aliphatic rings. The molecular formula is C28H33Cl2F2N11O10S2. The number of hydrogen-bond acceptors (Lipinski definition) is 18. The van der Waals surface area contributed by atoms with Crippen LogP contribution in [0.4, 0.5) is 20.2 Å². The van der Waals surface area contributed by atoms with Crippen molar-refractivity contribution >= 4 is 80.2 Å². The number of nitrogens with two attached hydrogens (primary N) is 2. The minimum Gasteiger partial charge on any atom is -0.468 e. The minimum atomic E-state index is -4.18. The van der Waals surface area contributed by atoms with E-state index in [4.69, 9.17) is 39.3 Å². The number of methoxy groups -OCH3 is 2. The summed E-state index contributed by atoms with van der Waals surface area (Å²) in [5, 5.41) is 37.3. The summed E-state index contributed by atoms with van der Waals surface area (Å²) in [5.74, 6) is -1.96. The summed E-state index contributed by atoms with van der Waals surface area (Å²) in [6.07, 6.45) is 1.30. The molecule has 4 aromatic rings. The third-order valence-corrected chi connectivity index (χ3v) is 8.30. The first kappa shape index (κ1) is 46.3. The van der Waals surface area contributed by atoms with Crippen molar-refractivity contribution in [2.24, 2.45) is 20.9 Å². The largest absolute Gasteiger partial charge is 0.468 e. The fourth-order valence-electron chi connectivity index (χ4n) is 3.60. The summed E-state index contributed by atoms with van der Waals surface area (Å²) in [5.41, 5.74) is 9.90.